The van der Waals surface area contributed by atoms with Crippen LogP contribution in [0.4, 0.5) is 5.82 Å². The van der Waals surface area contributed by atoms with Gasteiger partial charge in [-0.15, -0.1) is 0 Å². The Morgan fingerprint density at radius 2 is 2.23 bits per heavy atom. The molecule has 6 heteroatoms. The predicted octanol–water partition coefficient (Wildman–Crippen LogP) is 2.61. The van der Waals surface area contributed by atoms with Crippen molar-refractivity contribution in [3.05, 3.63) is 54.0 Å². The molecule has 3 rings (SSSR count). The van der Waals surface area contributed by atoms with E-state index in [0.29, 0.717) is 18.1 Å². The van der Waals surface area contributed by atoms with E-state index < -0.39 is 0 Å². The molecule has 1 atom stereocenters. The molecule has 6 nitrogen and oxygen atoms in total. The summed E-state index contributed by atoms with van der Waals surface area (Å²) in [6.07, 6.45) is 7.44. The number of rotatable bonds is 6. The third kappa shape index (κ3) is 4.58. The molecule has 1 fully saturated rings. The van der Waals surface area contributed by atoms with Crippen LogP contribution in [0.15, 0.2) is 42.9 Å². The van der Waals surface area contributed by atoms with Gasteiger partial charge in [-0.05, 0) is 42.5 Å². The summed E-state index contributed by atoms with van der Waals surface area (Å²) in [5, 5.41) is 0. The summed E-state index contributed by atoms with van der Waals surface area (Å²) in [4.78, 5) is 25.3. The van der Waals surface area contributed by atoms with Crippen molar-refractivity contribution in [2.24, 2.45) is 5.92 Å². The normalized spacial score (nSPS) is 17.2. The second kappa shape index (κ2) is 8.76. The minimum atomic E-state index is 0.0553. The van der Waals surface area contributed by atoms with E-state index in [4.69, 9.17) is 4.74 Å². The van der Waals surface area contributed by atoms with Gasteiger partial charge in [0.2, 0.25) is 0 Å². The van der Waals surface area contributed by atoms with Gasteiger partial charge in [0.25, 0.3) is 5.91 Å². The highest BCUT2D eigenvalue weighted by molar-refractivity contribution is 5.94. The van der Waals surface area contributed by atoms with Gasteiger partial charge in [-0.3, -0.25) is 9.78 Å². The van der Waals surface area contributed by atoms with Crippen LogP contribution in [-0.4, -0.2) is 54.6 Å². The van der Waals surface area contributed by atoms with Crippen LogP contribution in [0.3, 0.4) is 0 Å². The number of carbonyl (C=O) groups is 1. The largest absolute Gasteiger partial charge is 0.384 e. The van der Waals surface area contributed by atoms with Crippen LogP contribution in [0.2, 0.25) is 0 Å². The second-order valence-electron chi connectivity index (χ2n) is 6.84. The van der Waals surface area contributed by atoms with Crippen LogP contribution in [0.5, 0.6) is 0 Å². The Morgan fingerprint density at radius 1 is 1.35 bits per heavy atom. The van der Waals surface area contributed by atoms with Crippen molar-refractivity contribution in [2.75, 3.05) is 38.8 Å². The lowest BCUT2D eigenvalue weighted by atomic mass is 9.98. The molecule has 0 N–H and O–H groups in total. The van der Waals surface area contributed by atoms with E-state index in [1.165, 1.54) is 0 Å². The van der Waals surface area contributed by atoms with Gasteiger partial charge in [0.1, 0.15) is 5.82 Å². The van der Waals surface area contributed by atoms with Gasteiger partial charge in [0, 0.05) is 52.4 Å². The Morgan fingerprint density at radius 3 is 2.92 bits per heavy atom. The number of anilines is 1. The summed E-state index contributed by atoms with van der Waals surface area (Å²) in [7, 11) is 3.70. The number of aromatic nitrogens is 2. The zero-order valence-electron chi connectivity index (χ0n) is 15.5. The molecule has 1 saturated heterocycles. The van der Waals surface area contributed by atoms with Crippen LogP contribution in [0, 0.1) is 5.92 Å². The molecule has 3 heterocycles. The Balaban J connectivity index is 1.62. The number of methoxy groups -OCH3 is 1. The molecule has 138 valence electrons. The quantitative estimate of drug-likeness (QED) is 0.798. The number of nitrogens with zero attached hydrogens (tertiary/aromatic N) is 4. The molecule has 0 aliphatic carbocycles. The average molecular weight is 354 g/mol. The van der Waals surface area contributed by atoms with Gasteiger partial charge in [-0.2, -0.15) is 0 Å². The Labute approximate surface area is 154 Å². The zero-order valence-corrected chi connectivity index (χ0v) is 15.5. The molecule has 26 heavy (non-hydrogen) atoms. The second-order valence-corrected chi connectivity index (χ2v) is 6.84. The number of hydrogen-bond acceptors (Lipinski definition) is 5. The van der Waals surface area contributed by atoms with Crippen LogP contribution >= 0.6 is 0 Å². The van der Waals surface area contributed by atoms with E-state index >= 15 is 0 Å². The molecule has 0 saturated carbocycles. The lowest BCUT2D eigenvalue weighted by Gasteiger charge is -2.32. The summed E-state index contributed by atoms with van der Waals surface area (Å²) in [5.74, 6) is 1.32. The Bertz CT molecular complexity index is 704. The minimum absolute atomic E-state index is 0.0553. The van der Waals surface area contributed by atoms with Crippen LogP contribution < -0.4 is 4.90 Å². The molecule has 0 unspecified atom stereocenters. The first-order chi connectivity index (χ1) is 12.7. The topological polar surface area (TPSA) is 58.6 Å². The van der Waals surface area contributed by atoms with Crippen molar-refractivity contribution >= 4 is 11.7 Å². The van der Waals surface area contributed by atoms with Crippen molar-refractivity contribution in [3.63, 3.8) is 0 Å². The number of pyridine rings is 2. The highest BCUT2D eigenvalue weighted by atomic mass is 16.5. The monoisotopic (exact) mass is 354 g/mol. The van der Waals surface area contributed by atoms with Crippen molar-refractivity contribution in [1.82, 2.24) is 14.9 Å². The summed E-state index contributed by atoms with van der Waals surface area (Å²) in [6, 6.07) is 7.73. The van der Waals surface area contributed by atoms with E-state index in [9.17, 15) is 4.79 Å². The van der Waals surface area contributed by atoms with Crippen LogP contribution in [-0.2, 0) is 11.3 Å². The van der Waals surface area contributed by atoms with Crippen molar-refractivity contribution in [3.8, 4) is 0 Å². The highest BCUT2D eigenvalue weighted by Gasteiger charge is 2.24. The molecule has 1 amide bonds. The van der Waals surface area contributed by atoms with Gasteiger partial charge in [-0.25, -0.2) is 4.98 Å². The minimum Gasteiger partial charge on any atom is -0.384 e. The van der Waals surface area contributed by atoms with E-state index in [1.54, 1.807) is 19.5 Å². The molecule has 0 spiro atoms. The molecular formula is C20H26N4O2. The maximum atomic E-state index is 12.7. The van der Waals surface area contributed by atoms with Crippen LogP contribution in [0.1, 0.15) is 28.8 Å². The number of ether oxygens (including phenoxy) is 1. The fourth-order valence-corrected chi connectivity index (χ4v) is 3.39. The molecule has 0 radical (unpaired) electrons. The smallest absolute Gasteiger partial charge is 0.255 e. The molecular weight excluding hydrogens is 328 g/mol. The molecule has 1 aliphatic heterocycles. The average Bonchev–Trinajstić information content (AvgIpc) is 2.69. The first kappa shape index (κ1) is 18.3. The van der Waals surface area contributed by atoms with Crippen molar-refractivity contribution < 1.29 is 9.53 Å². The van der Waals surface area contributed by atoms with Gasteiger partial charge >= 0.3 is 0 Å². The third-order valence-corrected chi connectivity index (χ3v) is 4.74. The molecule has 2 aromatic rings. The van der Waals surface area contributed by atoms with Crippen molar-refractivity contribution in [2.45, 2.75) is 19.4 Å². The summed E-state index contributed by atoms with van der Waals surface area (Å²) < 4.78 is 5.25. The van der Waals surface area contributed by atoms with E-state index in [-0.39, 0.29) is 5.91 Å². The Hall–Kier alpha value is -2.47. The number of hydrogen-bond donors (Lipinski definition) is 0. The van der Waals surface area contributed by atoms with E-state index in [1.807, 2.05) is 47.3 Å². The molecule has 0 bridgehead atoms. The fraction of sp³-hybridized carbons (Fsp3) is 0.450. The standard InChI is InChI=1S/C20H26N4O2/c1-23(13-16-5-3-9-21-11-16)19-8-7-18(12-22-19)20(25)24-10-4-6-17(14-24)15-26-2/h3,5,7-9,11-12,17H,4,6,10,13-15H2,1-2H3/t17-/m1/s1. The third-order valence-electron chi connectivity index (χ3n) is 4.74. The number of carbonyl (C=O) groups excluding carboxylic acids is 1. The summed E-state index contributed by atoms with van der Waals surface area (Å²) >= 11 is 0. The van der Waals surface area contributed by atoms with E-state index in [0.717, 1.165) is 43.9 Å². The maximum absolute atomic E-state index is 12.7. The highest BCUT2D eigenvalue weighted by Crippen LogP contribution is 2.20. The summed E-state index contributed by atoms with van der Waals surface area (Å²) in [5.41, 5.74) is 1.76. The lowest BCUT2D eigenvalue weighted by molar-refractivity contribution is 0.0570. The van der Waals surface area contributed by atoms with Crippen molar-refractivity contribution in [1.29, 1.82) is 0 Å². The van der Waals surface area contributed by atoms with Crippen LogP contribution in [0.25, 0.3) is 0 Å². The first-order valence-electron chi connectivity index (χ1n) is 9.01. The van der Waals surface area contributed by atoms with Gasteiger partial charge < -0.3 is 14.5 Å². The van der Waals surface area contributed by atoms with E-state index in [2.05, 4.69) is 9.97 Å². The number of piperidine rings is 1. The predicted molar refractivity (Wildman–Crippen MR) is 101 cm³/mol. The number of amides is 1. The Kier molecular flexibility index (Phi) is 6.17. The van der Waals surface area contributed by atoms with Gasteiger partial charge in [0.05, 0.1) is 12.2 Å². The van der Waals surface area contributed by atoms with Gasteiger partial charge in [-0.1, -0.05) is 6.07 Å². The summed E-state index contributed by atoms with van der Waals surface area (Å²) in [6.45, 7) is 3.00. The SMILES string of the molecule is COC[C@@H]1CCCN(C(=O)c2ccc(N(C)Cc3cccnc3)nc2)C1. The zero-order chi connectivity index (χ0) is 18.4. The number of likely N-dealkylation sites (tertiary alicyclic amines) is 1. The van der Waals surface area contributed by atoms with Gasteiger partial charge in [0.15, 0.2) is 0 Å². The molecule has 2 aromatic heterocycles. The maximum Gasteiger partial charge on any atom is 0.255 e. The molecule has 0 aromatic carbocycles. The lowest BCUT2D eigenvalue weighted by Crippen LogP contribution is -2.41. The fourth-order valence-electron chi connectivity index (χ4n) is 3.39. The molecule has 1 aliphatic rings. The first-order valence-corrected chi connectivity index (χ1v) is 9.01.